The second-order valence-corrected chi connectivity index (χ2v) is 9.38. The number of hydrogen-bond acceptors (Lipinski definition) is 1. The lowest BCUT2D eigenvalue weighted by Gasteiger charge is -2.49. The number of carboxylic acids is 1. The third-order valence-corrected chi connectivity index (χ3v) is 8.36. The van der Waals surface area contributed by atoms with Gasteiger partial charge in [0.2, 0.25) is 0 Å². The molecule has 2 saturated carbocycles. The largest absolute Gasteiger partial charge is 0.481 e. The quantitative estimate of drug-likeness (QED) is 0.605. The van der Waals surface area contributed by atoms with E-state index in [2.05, 4.69) is 0 Å². The molecular formula is C23H32O2. The highest BCUT2D eigenvalue weighted by Crippen LogP contribution is 2.57. The predicted octanol–water partition coefficient (Wildman–Crippen LogP) is 5.88. The minimum Gasteiger partial charge on any atom is -0.481 e. The standard InChI is InChI=1S/C23H32O2/c24-23(25)21-13-15-6-2-4-8-17(15)19-12-11-18-16-7-3-1-5-14(16)9-10-20(18)22(19)21/h14-15,17,20-21H,1-13H2,(H,24,25). The molecule has 2 nitrogen and oxygen atoms in total. The van der Waals surface area contributed by atoms with Crippen molar-refractivity contribution in [1.29, 1.82) is 0 Å². The van der Waals surface area contributed by atoms with E-state index in [0.29, 0.717) is 11.8 Å². The monoisotopic (exact) mass is 340 g/mol. The van der Waals surface area contributed by atoms with Gasteiger partial charge in [-0.1, -0.05) is 36.0 Å². The van der Waals surface area contributed by atoms with Crippen molar-refractivity contribution in [2.24, 2.45) is 29.6 Å². The molecule has 1 N–H and O–H groups in total. The fourth-order valence-corrected chi connectivity index (χ4v) is 7.39. The van der Waals surface area contributed by atoms with Gasteiger partial charge < -0.3 is 5.11 Å². The Morgan fingerprint density at radius 3 is 2.48 bits per heavy atom. The molecule has 0 radical (unpaired) electrons. The Morgan fingerprint density at radius 1 is 0.800 bits per heavy atom. The van der Waals surface area contributed by atoms with Crippen molar-refractivity contribution in [2.45, 2.75) is 83.5 Å². The van der Waals surface area contributed by atoms with Gasteiger partial charge in [0.25, 0.3) is 0 Å². The predicted molar refractivity (Wildman–Crippen MR) is 99.2 cm³/mol. The van der Waals surface area contributed by atoms with Crippen molar-refractivity contribution in [3.05, 3.63) is 22.3 Å². The summed E-state index contributed by atoms with van der Waals surface area (Å²) in [6, 6.07) is 0. The van der Waals surface area contributed by atoms with Gasteiger partial charge in [-0.3, -0.25) is 4.79 Å². The van der Waals surface area contributed by atoms with Gasteiger partial charge in [0, 0.05) is 5.92 Å². The minimum absolute atomic E-state index is 0.171. The van der Waals surface area contributed by atoms with E-state index in [1.165, 1.54) is 82.6 Å². The molecule has 5 aliphatic carbocycles. The molecule has 0 spiro atoms. The first-order valence-electron chi connectivity index (χ1n) is 10.9. The van der Waals surface area contributed by atoms with Crippen LogP contribution in [0.1, 0.15) is 83.5 Å². The molecule has 0 aliphatic heterocycles. The molecule has 2 heteroatoms. The fourth-order valence-electron chi connectivity index (χ4n) is 7.39. The van der Waals surface area contributed by atoms with E-state index < -0.39 is 5.97 Å². The zero-order valence-electron chi connectivity index (χ0n) is 15.4. The number of carboxylic acid groups (broad SMARTS) is 1. The molecule has 5 rings (SSSR count). The molecule has 0 aromatic rings. The molecule has 5 atom stereocenters. The van der Waals surface area contributed by atoms with Gasteiger partial charge in [-0.15, -0.1) is 0 Å². The van der Waals surface area contributed by atoms with E-state index in [-0.39, 0.29) is 5.92 Å². The molecule has 0 aromatic carbocycles. The summed E-state index contributed by atoms with van der Waals surface area (Å²) in [5.41, 5.74) is 6.56. The van der Waals surface area contributed by atoms with Crippen LogP contribution in [0.4, 0.5) is 0 Å². The van der Waals surface area contributed by atoms with Crippen LogP contribution in [0.5, 0.6) is 0 Å². The Hall–Kier alpha value is -1.05. The lowest BCUT2D eigenvalue weighted by atomic mass is 9.55. The van der Waals surface area contributed by atoms with Crippen LogP contribution >= 0.6 is 0 Å². The highest BCUT2D eigenvalue weighted by molar-refractivity contribution is 5.75. The van der Waals surface area contributed by atoms with E-state index in [4.69, 9.17) is 0 Å². The number of hydrogen-bond donors (Lipinski definition) is 1. The molecule has 0 heterocycles. The minimum atomic E-state index is -0.534. The zero-order valence-corrected chi connectivity index (χ0v) is 15.4. The lowest BCUT2D eigenvalue weighted by Crippen LogP contribution is -2.40. The van der Waals surface area contributed by atoms with Crippen LogP contribution in [-0.2, 0) is 4.79 Å². The van der Waals surface area contributed by atoms with Crippen molar-refractivity contribution in [3.63, 3.8) is 0 Å². The number of rotatable bonds is 1. The normalized spacial score (nSPS) is 40.7. The summed E-state index contributed by atoms with van der Waals surface area (Å²) in [6.45, 7) is 0. The molecule has 0 amide bonds. The van der Waals surface area contributed by atoms with Crippen molar-refractivity contribution in [3.8, 4) is 0 Å². The summed E-state index contributed by atoms with van der Waals surface area (Å²) in [4.78, 5) is 12.2. The summed E-state index contributed by atoms with van der Waals surface area (Å²) in [6.07, 6.45) is 16.7. The molecule has 5 unspecified atom stereocenters. The highest BCUT2D eigenvalue weighted by atomic mass is 16.4. The van der Waals surface area contributed by atoms with Crippen molar-refractivity contribution in [1.82, 2.24) is 0 Å². The maximum Gasteiger partial charge on any atom is 0.310 e. The second kappa shape index (κ2) is 6.28. The SMILES string of the molecule is O=C(O)C1CC2CCCCC2C2=C1C1CCC3CCCCC3=C1CC2. The number of carbonyl (C=O) groups is 1. The van der Waals surface area contributed by atoms with E-state index in [1.54, 1.807) is 16.7 Å². The summed E-state index contributed by atoms with van der Waals surface area (Å²) in [5.74, 6) is 2.04. The van der Waals surface area contributed by atoms with Crippen molar-refractivity contribution >= 4 is 5.97 Å². The Kier molecular flexibility index (Phi) is 4.06. The van der Waals surface area contributed by atoms with Gasteiger partial charge in [-0.05, 0) is 87.5 Å². The Morgan fingerprint density at radius 2 is 1.60 bits per heavy atom. The van der Waals surface area contributed by atoms with Crippen molar-refractivity contribution < 1.29 is 9.90 Å². The summed E-state index contributed by atoms with van der Waals surface area (Å²) in [7, 11) is 0. The maximum absolute atomic E-state index is 12.2. The van der Waals surface area contributed by atoms with Gasteiger partial charge in [-0.25, -0.2) is 0 Å². The summed E-state index contributed by atoms with van der Waals surface area (Å²) >= 11 is 0. The Labute approximate surface area is 151 Å². The average Bonchev–Trinajstić information content (AvgIpc) is 2.66. The third kappa shape index (κ3) is 2.54. The molecule has 0 bridgehead atoms. The van der Waals surface area contributed by atoms with Gasteiger partial charge in [-0.2, -0.15) is 0 Å². The highest BCUT2D eigenvalue weighted by Gasteiger charge is 2.46. The van der Waals surface area contributed by atoms with Crippen LogP contribution in [-0.4, -0.2) is 11.1 Å². The zero-order chi connectivity index (χ0) is 17.0. The molecule has 5 aliphatic rings. The lowest BCUT2D eigenvalue weighted by molar-refractivity contribution is -0.141. The molecule has 25 heavy (non-hydrogen) atoms. The summed E-state index contributed by atoms with van der Waals surface area (Å²) < 4.78 is 0. The van der Waals surface area contributed by atoms with Crippen LogP contribution in [0, 0.1) is 29.6 Å². The Balaban J connectivity index is 1.59. The van der Waals surface area contributed by atoms with Crippen LogP contribution in [0.2, 0.25) is 0 Å². The number of aliphatic carboxylic acids is 1. The van der Waals surface area contributed by atoms with Gasteiger partial charge in [0.1, 0.15) is 0 Å². The average molecular weight is 341 g/mol. The third-order valence-electron chi connectivity index (χ3n) is 8.36. The van der Waals surface area contributed by atoms with E-state index in [1.807, 2.05) is 0 Å². The first kappa shape index (κ1) is 16.1. The number of allylic oxidation sites excluding steroid dienone is 3. The van der Waals surface area contributed by atoms with Gasteiger partial charge in [0.15, 0.2) is 0 Å². The molecule has 136 valence electrons. The van der Waals surface area contributed by atoms with Gasteiger partial charge in [0.05, 0.1) is 5.92 Å². The first-order valence-corrected chi connectivity index (χ1v) is 10.9. The van der Waals surface area contributed by atoms with Crippen LogP contribution in [0.15, 0.2) is 22.3 Å². The second-order valence-electron chi connectivity index (χ2n) is 9.38. The van der Waals surface area contributed by atoms with E-state index in [9.17, 15) is 9.90 Å². The molecule has 0 aromatic heterocycles. The number of fused-ring (bicyclic) bond motifs is 5. The summed E-state index contributed by atoms with van der Waals surface area (Å²) in [5, 5.41) is 10.0. The molecule has 0 saturated heterocycles. The topological polar surface area (TPSA) is 37.3 Å². The molecule has 2 fully saturated rings. The van der Waals surface area contributed by atoms with Crippen molar-refractivity contribution in [2.75, 3.05) is 0 Å². The first-order chi connectivity index (χ1) is 12.2. The Bertz CT molecular complexity index is 640. The van der Waals surface area contributed by atoms with Gasteiger partial charge >= 0.3 is 5.97 Å². The van der Waals surface area contributed by atoms with E-state index >= 15 is 0 Å². The maximum atomic E-state index is 12.2. The van der Waals surface area contributed by atoms with Crippen LogP contribution < -0.4 is 0 Å². The smallest absolute Gasteiger partial charge is 0.310 e. The van der Waals surface area contributed by atoms with E-state index in [0.717, 1.165) is 18.3 Å². The van der Waals surface area contributed by atoms with Crippen LogP contribution in [0.3, 0.4) is 0 Å². The van der Waals surface area contributed by atoms with Crippen LogP contribution in [0.25, 0.3) is 0 Å². The fraction of sp³-hybridized carbons (Fsp3) is 0.783. The molecular weight excluding hydrogens is 308 g/mol.